The van der Waals surface area contributed by atoms with Crippen LogP contribution in [0.15, 0.2) is 36.7 Å². The van der Waals surface area contributed by atoms with Gasteiger partial charge in [-0.2, -0.15) is 0 Å². The first-order chi connectivity index (χ1) is 15.5. The van der Waals surface area contributed by atoms with E-state index >= 15 is 0 Å². The van der Waals surface area contributed by atoms with Crippen molar-refractivity contribution in [3.8, 4) is 11.1 Å². The zero-order chi connectivity index (χ0) is 22.1. The highest BCUT2D eigenvalue weighted by Gasteiger charge is 2.32. The largest absolute Gasteiger partial charge is 0.367 e. The van der Waals surface area contributed by atoms with Gasteiger partial charge in [0.05, 0.1) is 5.25 Å². The first kappa shape index (κ1) is 21.6. The van der Waals surface area contributed by atoms with Crippen molar-refractivity contribution >= 4 is 38.5 Å². The lowest BCUT2D eigenvalue weighted by Gasteiger charge is -2.30. The van der Waals surface area contributed by atoms with E-state index in [1.165, 1.54) is 0 Å². The molecule has 2 fully saturated rings. The number of rotatable bonds is 6. The van der Waals surface area contributed by atoms with Crippen LogP contribution in [0.25, 0.3) is 22.2 Å². The molecule has 1 saturated heterocycles. The van der Waals surface area contributed by atoms with Gasteiger partial charge < -0.3 is 15.6 Å². The number of nitrogens with zero attached hydrogens (tertiary/aromatic N) is 2. The molecule has 3 aromatic rings. The number of fused-ring (bicyclic) bond motifs is 1. The summed E-state index contributed by atoms with van der Waals surface area (Å²) in [5.74, 6) is 0.729. The molecule has 4 heterocycles. The van der Waals surface area contributed by atoms with E-state index in [9.17, 15) is 8.42 Å². The Labute approximate surface area is 192 Å². The van der Waals surface area contributed by atoms with E-state index in [0.29, 0.717) is 18.1 Å². The Morgan fingerprint density at radius 2 is 1.91 bits per heavy atom. The van der Waals surface area contributed by atoms with Gasteiger partial charge in [-0.1, -0.05) is 11.6 Å². The van der Waals surface area contributed by atoms with Crippen LogP contribution in [-0.4, -0.2) is 53.8 Å². The Bertz CT molecular complexity index is 1200. The highest BCUT2D eigenvalue weighted by molar-refractivity contribution is 7.90. The van der Waals surface area contributed by atoms with Crippen LogP contribution >= 0.6 is 11.6 Å². The summed E-state index contributed by atoms with van der Waals surface area (Å²) < 4.78 is 28.0. The van der Waals surface area contributed by atoms with E-state index in [1.54, 1.807) is 6.20 Å². The summed E-state index contributed by atoms with van der Waals surface area (Å²) in [4.78, 5) is 12.0. The molecule has 0 radical (unpaired) electrons. The minimum atomic E-state index is -3.26. The normalized spacial score (nSPS) is 24.1. The van der Waals surface area contributed by atoms with Crippen molar-refractivity contribution in [3.63, 3.8) is 0 Å². The average Bonchev–Trinajstić information content (AvgIpc) is 3.45. The molecular weight excluding hydrogens is 448 g/mol. The van der Waals surface area contributed by atoms with Gasteiger partial charge in [-0.25, -0.2) is 23.1 Å². The molecule has 1 aliphatic heterocycles. The zero-order valence-electron chi connectivity index (χ0n) is 17.6. The molecule has 1 aliphatic carbocycles. The van der Waals surface area contributed by atoms with Crippen molar-refractivity contribution in [1.29, 1.82) is 0 Å². The Morgan fingerprint density at radius 3 is 2.69 bits per heavy atom. The molecule has 10 heteroatoms. The number of hydrogen-bond donors (Lipinski definition) is 4. The predicted octanol–water partition coefficient (Wildman–Crippen LogP) is 3.28. The maximum absolute atomic E-state index is 12.6. The second-order valence-electron chi connectivity index (χ2n) is 8.64. The van der Waals surface area contributed by atoms with Gasteiger partial charge in [0, 0.05) is 42.0 Å². The Hall–Kier alpha value is -2.20. The standard InChI is InChI=1S/C22H27ClN6O2S/c23-20-10-14(19-13-26-22-18(19)2-1-8-25-22)11-21(28-20)27-15-3-5-16(6-4-15)29-32(30,31)17-7-9-24-12-17/h1-2,8,10-11,13,15-17,24,29H,3-7,9,12H2,(H,25,26)(H,27,28). The highest BCUT2D eigenvalue weighted by atomic mass is 35.5. The van der Waals surface area contributed by atoms with Crippen LogP contribution < -0.4 is 15.4 Å². The first-order valence-electron chi connectivity index (χ1n) is 11.1. The van der Waals surface area contributed by atoms with E-state index in [0.717, 1.165) is 60.2 Å². The topological polar surface area (TPSA) is 112 Å². The number of anilines is 1. The molecular formula is C22H27ClN6O2S. The monoisotopic (exact) mass is 474 g/mol. The van der Waals surface area contributed by atoms with Gasteiger partial charge in [0.15, 0.2) is 0 Å². The van der Waals surface area contributed by atoms with Crippen molar-refractivity contribution in [3.05, 3.63) is 41.8 Å². The van der Waals surface area contributed by atoms with Gasteiger partial charge in [0.25, 0.3) is 0 Å². The molecule has 8 nitrogen and oxygen atoms in total. The summed E-state index contributed by atoms with van der Waals surface area (Å²) in [6.07, 6.45) is 7.73. The van der Waals surface area contributed by atoms with Crippen LogP contribution in [0.5, 0.6) is 0 Å². The van der Waals surface area contributed by atoms with Crippen molar-refractivity contribution in [2.75, 3.05) is 18.4 Å². The van der Waals surface area contributed by atoms with E-state index in [1.807, 2.05) is 30.5 Å². The highest BCUT2D eigenvalue weighted by Crippen LogP contribution is 2.31. The lowest BCUT2D eigenvalue weighted by atomic mass is 9.92. The number of pyridine rings is 2. The lowest BCUT2D eigenvalue weighted by Crippen LogP contribution is -2.44. The number of H-pyrrole nitrogens is 1. The Morgan fingerprint density at radius 1 is 1.09 bits per heavy atom. The van der Waals surface area contributed by atoms with Crippen molar-refractivity contribution < 1.29 is 8.42 Å². The van der Waals surface area contributed by atoms with Crippen LogP contribution in [0.4, 0.5) is 5.82 Å². The smallest absolute Gasteiger partial charge is 0.216 e. The molecule has 170 valence electrons. The van der Waals surface area contributed by atoms with Gasteiger partial charge >= 0.3 is 0 Å². The fraction of sp³-hybridized carbons (Fsp3) is 0.455. The molecule has 0 spiro atoms. The van der Waals surface area contributed by atoms with E-state index in [2.05, 4.69) is 30.3 Å². The second kappa shape index (κ2) is 8.97. The zero-order valence-corrected chi connectivity index (χ0v) is 19.2. The molecule has 0 bridgehead atoms. The third-order valence-corrected chi connectivity index (χ3v) is 8.56. The van der Waals surface area contributed by atoms with E-state index in [4.69, 9.17) is 11.6 Å². The summed E-state index contributed by atoms with van der Waals surface area (Å²) in [5, 5.41) is 7.77. The fourth-order valence-corrected chi connectivity index (χ4v) is 6.57. The maximum atomic E-state index is 12.6. The number of aromatic amines is 1. The van der Waals surface area contributed by atoms with Crippen molar-refractivity contribution in [2.45, 2.75) is 49.4 Å². The van der Waals surface area contributed by atoms with E-state index < -0.39 is 10.0 Å². The summed E-state index contributed by atoms with van der Waals surface area (Å²) in [6, 6.07) is 8.03. The van der Waals surface area contributed by atoms with Gasteiger partial charge in [0.2, 0.25) is 10.0 Å². The molecule has 1 atom stereocenters. The molecule has 1 saturated carbocycles. The van der Waals surface area contributed by atoms with Crippen LogP contribution in [-0.2, 0) is 10.0 Å². The van der Waals surface area contributed by atoms with Gasteiger partial charge in [0.1, 0.15) is 16.6 Å². The lowest BCUT2D eigenvalue weighted by molar-refractivity contribution is 0.385. The number of halogens is 1. The number of aromatic nitrogens is 3. The number of sulfonamides is 1. The van der Waals surface area contributed by atoms with E-state index in [-0.39, 0.29) is 17.3 Å². The van der Waals surface area contributed by atoms with Crippen LogP contribution in [0.1, 0.15) is 32.1 Å². The molecule has 32 heavy (non-hydrogen) atoms. The van der Waals surface area contributed by atoms with Gasteiger partial charge in [-0.15, -0.1) is 0 Å². The Balaban J connectivity index is 1.24. The number of nitrogens with one attached hydrogen (secondary N) is 4. The Kier molecular flexibility index (Phi) is 6.07. The number of hydrogen-bond acceptors (Lipinski definition) is 6. The molecule has 5 rings (SSSR count). The van der Waals surface area contributed by atoms with Gasteiger partial charge in [-0.3, -0.25) is 0 Å². The van der Waals surface area contributed by atoms with Crippen LogP contribution in [0.2, 0.25) is 5.15 Å². The van der Waals surface area contributed by atoms with Crippen molar-refractivity contribution in [2.24, 2.45) is 0 Å². The molecule has 0 amide bonds. The van der Waals surface area contributed by atoms with Crippen molar-refractivity contribution in [1.82, 2.24) is 25.0 Å². The summed E-state index contributed by atoms with van der Waals surface area (Å²) in [6.45, 7) is 1.31. The fourth-order valence-electron chi connectivity index (χ4n) is 4.71. The first-order valence-corrected chi connectivity index (χ1v) is 13.0. The third-order valence-electron chi connectivity index (χ3n) is 6.42. The third kappa shape index (κ3) is 4.61. The molecule has 1 unspecified atom stereocenters. The predicted molar refractivity (Wildman–Crippen MR) is 127 cm³/mol. The molecule has 4 N–H and O–H groups in total. The minimum Gasteiger partial charge on any atom is -0.367 e. The quantitative estimate of drug-likeness (QED) is 0.408. The summed E-state index contributed by atoms with van der Waals surface area (Å²) in [7, 11) is -3.26. The molecule has 2 aliphatic rings. The van der Waals surface area contributed by atoms with Crippen LogP contribution in [0, 0.1) is 0 Å². The minimum absolute atomic E-state index is 0.000233. The summed E-state index contributed by atoms with van der Waals surface area (Å²) in [5.41, 5.74) is 2.83. The SMILES string of the molecule is O=S(=O)(NC1CCC(Nc2cc(-c3c[nH]c4ncccc34)cc(Cl)n2)CC1)C1CCNC1. The molecule has 0 aromatic carbocycles. The average molecular weight is 475 g/mol. The second-order valence-corrected chi connectivity index (χ2v) is 11.0. The maximum Gasteiger partial charge on any atom is 0.216 e. The van der Waals surface area contributed by atoms with Crippen LogP contribution in [0.3, 0.4) is 0 Å². The molecule has 3 aromatic heterocycles. The summed E-state index contributed by atoms with van der Waals surface area (Å²) >= 11 is 6.34. The van der Waals surface area contributed by atoms with Gasteiger partial charge in [-0.05, 0) is 68.5 Å².